The van der Waals surface area contributed by atoms with Gasteiger partial charge in [-0.25, -0.2) is 14.8 Å². The van der Waals surface area contributed by atoms with Crippen molar-refractivity contribution in [2.45, 2.75) is 33.1 Å². The Labute approximate surface area is 175 Å². The van der Waals surface area contributed by atoms with Crippen LogP contribution in [0.5, 0.6) is 0 Å². The van der Waals surface area contributed by atoms with Gasteiger partial charge in [0.05, 0.1) is 29.2 Å². The minimum Gasteiger partial charge on any atom is -0.462 e. The number of hydrogen-bond acceptors (Lipinski definition) is 9. The van der Waals surface area contributed by atoms with Crippen LogP contribution in [0.4, 0.5) is 5.95 Å². The lowest BCUT2D eigenvalue weighted by Gasteiger charge is -2.34. The Morgan fingerprint density at radius 3 is 2.53 bits per heavy atom. The number of allylic oxidation sites excluding steroid dienone is 3. The van der Waals surface area contributed by atoms with Crippen molar-refractivity contribution in [1.82, 2.24) is 20.2 Å². The highest BCUT2D eigenvalue weighted by Crippen LogP contribution is 2.24. The Kier molecular flexibility index (Phi) is 7.34. The molecule has 0 unspecified atom stereocenters. The first-order chi connectivity index (χ1) is 14.5. The molecule has 0 bridgehead atoms. The molecule has 0 spiro atoms. The van der Waals surface area contributed by atoms with Crippen LogP contribution in [0.3, 0.4) is 0 Å². The van der Waals surface area contributed by atoms with Gasteiger partial charge in [0.15, 0.2) is 0 Å². The zero-order valence-electron chi connectivity index (χ0n) is 17.5. The molecular weight excluding hydrogens is 388 g/mol. The third-order valence-corrected chi connectivity index (χ3v) is 5.38. The molecule has 2 aliphatic heterocycles. The van der Waals surface area contributed by atoms with E-state index in [0.717, 1.165) is 51.5 Å². The number of nitro groups is 1. The van der Waals surface area contributed by atoms with Crippen LogP contribution in [0.25, 0.3) is 0 Å². The molecule has 0 radical (unpaired) electrons. The number of hydrogen-bond donors (Lipinski definition) is 1. The second-order valence-corrected chi connectivity index (χ2v) is 7.45. The van der Waals surface area contributed by atoms with Crippen LogP contribution >= 0.6 is 0 Å². The number of rotatable bonds is 8. The summed E-state index contributed by atoms with van der Waals surface area (Å²) in [4.78, 5) is 36.1. The topological polar surface area (TPSA) is 114 Å². The largest absolute Gasteiger partial charge is 0.462 e. The zero-order chi connectivity index (χ0) is 21.5. The molecule has 30 heavy (non-hydrogen) atoms. The summed E-state index contributed by atoms with van der Waals surface area (Å²) < 4.78 is 5.35. The maximum absolute atomic E-state index is 12.3. The van der Waals surface area contributed by atoms with E-state index in [-0.39, 0.29) is 12.1 Å². The summed E-state index contributed by atoms with van der Waals surface area (Å²) in [6.07, 6.45) is 5.18. The van der Waals surface area contributed by atoms with E-state index in [2.05, 4.69) is 25.1 Å². The van der Waals surface area contributed by atoms with Crippen molar-refractivity contribution in [3.63, 3.8) is 0 Å². The monoisotopic (exact) mass is 416 g/mol. The van der Waals surface area contributed by atoms with Gasteiger partial charge in [-0.3, -0.25) is 15.0 Å². The van der Waals surface area contributed by atoms with Crippen molar-refractivity contribution in [2.24, 2.45) is 0 Å². The van der Waals surface area contributed by atoms with Crippen LogP contribution in [0.1, 0.15) is 33.1 Å². The molecule has 0 saturated carbocycles. The summed E-state index contributed by atoms with van der Waals surface area (Å²) in [5.74, 6) is 0.291. The molecule has 3 heterocycles. The van der Waals surface area contributed by atoms with Crippen LogP contribution in [0, 0.1) is 10.1 Å². The summed E-state index contributed by atoms with van der Waals surface area (Å²) in [5.41, 5.74) is 1.41. The van der Waals surface area contributed by atoms with E-state index in [1.165, 1.54) is 0 Å². The number of carbonyl (C=O) groups excluding carboxylic acids is 1. The number of ether oxygens (including phenoxy) is 1. The molecule has 1 aromatic rings. The van der Waals surface area contributed by atoms with Crippen molar-refractivity contribution in [2.75, 3.05) is 44.2 Å². The lowest BCUT2D eigenvalue weighted by molar-refractivity contribution is -0.428. The minimum atomic E-state index is -0.483. The highest BCUT2D eigenvalue weighted by molar-refractivity contribution is 5.90. The summed E-state index contributed by atoms with van der Waals surface area (Å²) >= 11 is 0. The normalized spacial score (nSPS) is 17.7. The van der Waals surface area contributed by atoms with Crippen molar-refractivity contribution in [3.8, 4) is 0 Å². The van der Waals surface area contributed by atoms with E-state index in [4.69, 9.17) is 4.74 Å². The van der Waals surface area contributed by atoms with E-state index in [1.54, 1.807) is 26.2 Å². The van der Waals surface area contributed by atoms with Crippen molar-refractivity contribution in [1.29, 1.82) is 0 Å². The first-order valence-corrected chi connectivity index (χ1v) is 10.2. The summed E-state index contributed by atoms with van der Waals surface area (Å²) in [7, 11) is 0. The number of anilines is 1. The van der Waals surface area contributed by atoms with Gasteiger partial charge in [-0.2, -0.15) is 0 Å². The van der Waals surface area contributed by atoms with E-state index in [1.807, 2.05) is 6.07 Å². The molecule has 2 aliphatic rings. The number of unbranched alkanes of at least 4 members (excludes halogenated alkanes) is 1. The SMILES string of the molecule is CC1=C(C(=O)OCCCCN2CCN(c3ncccn3)CC2)CC([N+](=O)[O-])=C(C)N1. The zero-order valence-corrected chi connectivity index (χ0v) is 17.5. The third-order valence-electron chi connectivity index (χ3n) is 5.38. The van der Waals surface area contributed by atoms with Gasteiger partial charge in [-0.1, -0.05) is 0 Å². The van der Waals surface area contributed by atoms with Crippen LogP contribution in [-0.4, -0.2) is 65.1 Å². The molecular formula is C20H28N6O4. The number of piperazine rings is 1. The molecule has 10 heteroatoms. The average Bonchev–Trinajstić information content (AvgIpc) is 2.74. The number of nitrogens with one attached hydrogen (secondary N) is 1. The predicted molar refractivity (Wildman–Crippen MR) is 111 cm³/mol. The highest BCUT2D eigenvalue weighted by Gasteiger charge is 2.28. The van der Waals surface area contributed by atoms with Crippen molar-refractivity contribution >= 4 is 11.9 Å². The van der Waals surface area contributed by atoms with Gasteiger partial charge in [-0.05, 0) is 39.3 Å². The third kappa shape index (κ3) is 5.53. The summed E-state index contributed by atoms with van der Waals surface area (Å²) in [6, 6.07) is 1.81. The fourth-order valence-corrected chi connectivity index (χ4v) is 3.60. The summed E-state index contributed by atoms with van der Waals surface area (Å²) in [6.45, 7) is 8.31. The van der Waals surface area contributed by atoms with Gasteiger partial charge in [0.1, 0.15) is 0 Å². The lowest BCUT2D eigenvalue weighted by Crippen LogP contribution is -2.47. The number of dihydropyridines is 1. The minimum absolute atomic E-state index is 0.00703. The van der Waals surface area contributed by atoms with Crippen molar-refractivity contribution in [3.05, 3.63) is 51.2 Å². The number of esters is 1. The fraction of sp³-hybridized carbons (Fsp3) is 0.550. The van der Waals surface area contributed by atoms with Gasteiger partial charge in [0.2, 0.25) is 5.95 Å². The predicted octanol–water partition coefficient (Wildman–Crippen LogP) is 1.70. The average molecular weight is 416 g/mol. The van der Waals surface area contributed by atoms with Crippen LogP contribution in [0.2, 0.25) is 0 Å². The quantitative estimate of drug-likeness (QED) is 0.293. The first-order valence-electron chi connectivity index (χ1n) is 10.2. The smallest absolute Gasteiger partial charge is 0.336 e. The standard InChI is InChI=1S/C20H28N6O4/c1-15-17(14-18(26(28)29)16(2)23-15)19(27)30-13-4-3-8-24-9-11-25(12-10-24)20-21-6-5-7-22-20/h5-7,23H,3-4,8-14H2,1-2H3. The van der Waals surface area contributed by atoms with Crippen LogP contribution in [-0.2, 0) is 9.53 Å². The molecule has 0 amide bonds. The molecule has 1 N–H and O–H groups in total. The fourth-order valence-electron chi connectivity index (χ4n) is 3.60. The van der Waals surface area contributed by atoms with Gasteiger partial charge >= 0.3 is 5.97 Å². The number of carbonyl (C=O) groups is 1. The van der Waals surface area contributed by atoms with E-state index in [0.29, 0.717) is 23.6 Å². The van der Waals surface area contributed by atoms with Gasteiger partial charge < -0.3 is 15.0 Å². The summed E-state index contributed by atoms with van der Waals surface area (Å²) in [5, 5.41) is 14.0. The van der Waals surface area contributed by atoms with Gasteiger partial charge in [-0.15, -0.1) is 0 Å². The first kappa shape index (κ1) is 21.7. The van der Waals surface area contributed by atoms with E-state index in [9.17, 15) is 14.9 Å². The molecule has 1 saturated heterocycles. The Morgan fingerprint density at radius 2 is 1.87 bits per heavy atom. The Hall–Kier alpha value is -3.01. The van der Waals surface area contributed by atoms with Crippen molar-refractivity contribution < 1.29 is 14.5 Å². The maximum Gasteiger partial charge on any atom is 0.336 e. The Bertz CT molecular complexity index is 831. The number of nitrogens with zero attached hydrogens (tertiary/aromatic N) is 5. The van der Waals surface area contributed by atoms with Crippen LogP contribution < -0.4 is 10.2 Å². The molecule has 3 rings (SSSR count). The van der Waals surface area contributed by atoms with E-state index < -0.39 is 10.9 Å². The maximum atomic E-state index is 12.3. The second-order valence-electron chi connectivity index (χ2n) is 7.45. The van der Waals surface area contributed by atoms with Crippen LogP contribution in [0.15, 0.2) is 41.1 Å². The molecule has 162 valence electrons. The molecule has 1 aromatic heterocycles. The molecule has 0 atom stereocenters. The van der Waals surface area contributed by atoms with Gasteiger partial charge in [0.25, 0.3) is 5.70 Å². The molecule has 0 aromatic carbocycles. The Morgan fingerprint density at radius 1 is 1.17 bits per heavy atom. The number of aromatic nitrogens is 2. The second kappa shape index (κ2) is 10.1. The highest BCUT2D eigenvalue weighted by atomic mass is 16.6. The molecule has 0 aliphatic carbocycles. The Balaban J connectivity index is 1.33. The lowest BCUT2D eigenvalue weighted by atomic mass is 10.0. The van der Waals surface area contributed by atoms with Gasteiger partial charge in [0, 0.05) is 44.3 Å². The molecule has 10 nitrogen and oxygen atoms in total. The molecule has 1 fully saturated rings. The van der Waals surface area contributed by atoms with E-state index >= 15 is 0 Å².